The molecule has 0 bridgehead atoms. The van der Waals surface area contributed by atoms with E-state index in [0.29, 0.717) is 11.9 Å². The molecule has 2 atom stereocenters. The summed E-state index contributed by atoms with van der Waals surface area (Å²) < 4.78 is 4.66. The number of hydrogen-bond donors (Lipinski definition) is 3. The largest absolute Gasteiger partial charge is 0.481 e. The highest BCUT2D eigenvalue weighted by Crippen LogP contribution is 2.15. The maximum absolute atomic E-state index is 10.5. The molecule has 0 radical (unpaired) electrons. The van der Waals surface area contributed by atoms with E-state index in [9.17, 15) is 4.79 Å². The van der Waals surface area contributed by atoms with Gasteiger partial charge in [0, 0.05) is 31.2 Å². The van der Waals surface area contributed by atoms with Gasteiger partial charge in [0.2, 0.25) is 5.88 Å². The molecule has 1 saturated heterocycles. The van der Waals surface area contributed by atoms with Gasteiger partial charge in [0.25, 0.3) is 5.56 Å². The lowest BCUT2D eigenvalue weighted by atomic mass is 10.2. The van der Waals surface area contributed by atoms with Gasteiger partial charge in [-0.15, -0.1) is 11.3 Å². The van der Waals surface area contributed by atoms with Crippen LogP contribution >= 0.6 is 11.3 Å². The lowest BCUT2D eigenvalue weighted by molar-refractivity contribution is -0.106. The van der Waals surface area contributed by atoms with Crippen LogP contribution in [0.3, 0.4) is 0 Å². The fraction of sp³-hybridized carbons (Fsp3) is 0.556. The number of carbonyl (C=O) groups excluding carboxylic acids is 1. The summed E-state index contributed by atoms with van der Waals surface area (Å²) in [5.74, 6) is 0.332. The van der Waals surface area contributed by atoms with E-state index in [2.05, 4.69) is 43.8 Å². The quantitative estimate of drug-likeness (QED) is 0.650. The van der Waals surface area contributed by atoms with Crippen LogP contribution in [0.1, 0.15) is 27.2 Å². The molecule has 3 heterocycles. The van der Waals surface area contributed by atoms with Crippen LogP contribution < -0.4 is 15.6 Å². The molecule has 2 aromatic rings. The number of H-pyrrole nitrogens is 1. The summed E-state index contributed by atoms with van der Waals surface area (Å²) in [4.78, 5) is 31.6. The summed E-state index contributed by atoms with van der Waals surface area (Å²) >= 11 is 1.60. The summed E-state index contributed by atoms with van der Waals surface area (Å²) in [6.07, 6.45) is 4.70. The van der Waals surface area contributed by atoms with Crippen molar-refractivity contribution in [3.63, 3.8) is 0 Å². The molecule has 3 N–H and O–H groups in total. The second-order valence-electron chi connectivity index (χ2n) is 5.60. The van der Waals surface area contributed by atoms with Crippen LogP contribution in [-0.4, -0.2) is 70.6 Å². The number of aromatic nitrogens is 3. The van der Waals surface area contributed by atoms with Gasteiger partial charge in [-0.05, 0) is 26.8 Å². The number of carbonyl (C=O) groups is 1. The van der Waals surface area contributed by atoms with Gasteiger partial charge < -0.3 is 24.9 Å². The van der Waals surface area contributed by atoms with Crippen LogP contribution in [0.2, 0.25) is 0 Å². The number of methoxy groups -OCH3 is 1. The van der Waals surface area contributed by atoms with Crippen molar-refractivity contribution in [1.82, 2.24) is 19.9 Å². The first-order chi connectivity index (χ1) is 13.4. The number of nitrogens with zero attached hydrogens (tertiary/aromatic N) is 3. The second kappa shape index (κ2) is 15.7. The highest BCUT2D eigenvalue weighted by molar-refractivity contribution is 7.13. The predicted molar refractivity (Wildman–Crippen MR) is 112 cm³/mol. The van der Waals surface area contributed by atoms with Gasteiger partial charge in [0.15, 0.2) is 5.13 Å². The van der Waals surface area contributed by atoms with E-state index >= 15 is 0 Å². The van der Waals surface area contributed by atoms with Crippen LogP contribution in [0.25, 0.3) is 0 Å². The number of anilines is 1. The molecule has 28 heavy (non-hydrogen) atoms. The average Bonchev–Trinajstić information content (AvgIpc) is 3.32. The average molecular weight is 414 g/mol. The van der Waals surface area contributed by atoms with E-state index in [-0.39, 0.29) is 11.7 Å². The number of likely N-dealkylation sites (N-methyl/N-ethyl adjacent to an activating group) is 1. The van der Waals surface area contributed by atoms with E-state index in [1.54, 1.807) is 17.5 Å². The van der Waals surface area contributed by atoms with Crippen LogP contribution in [-0.2, 0) is 4.79 Å². The minimum absolute atomic E-state index is 0.0695. The monoisotopic (exact) mass is 413 g/mol. The van der Waals surface area contributed by atoms with E-state index < -0.39 is 0 Å². The Kier molecular flexibility index (Phi) is 14.4. The highest BCUT2D eigenvalue weighted by Gasteiger charge is 2.25. The first kappa shape index (κ1) is 25.7. The van der Waals surface area contributed by atoms with Crippen molar-refractivity contribution in [3.05, 3.63) is 34.3 Å². The van der Waals surface area contributed by atoms with Crippen molar-refractivity contribution in [2.75, 3.05) is 32.6 Å². The molecule has 0 aliphatic carbocycles. The summed E-state index contributed by atoms with van der Waals surface area (Å²) in [6, 6.07) is 1.87. The number of aldehydes is 1. The molecule has 1 aliphatic rings. The molecule has 0 saturated carbocycles. The van der Waals surface area contributed by atoms with Gasteiger partial charge in [-0.2, -0.15) is 0 Å². The van der Waals surface area contributed by atoms with Gasteiger partial charge in [0.1, 0.15) is 6.29 Å². The SMILES string of the molecule is CC=O.CCN1CC(O)CC1C.CNc1nccs1.COc1cc(=O)[nH]cn1. The fourth-order valence-corrected chi connectivity index (χ4v) is 2.81. The Labute approximate surface area is 169 Å². The Morgan fingerprint density at radius 3 is 2.46 bits per heavy atom. The molecule has 2 aromatic heterocycles. The van der Waals surface area contributed by atoms with Crippen molar-refractivity contribution in [2.45, 2.75) is 39.3 Å². The summed E-state index contributed by atoms with van der Waals surface area (Å²) in [6.45, 7) is 7.68. The van der Waals surface area contributed by atoms with Crippen molar-refractivity contribution >= 4 is 22.8 Å². The maximum Gasteiger partial charge on any atom is 0.254 e. The summed E-state index contributed by atoms with van der Waals surface area (Å²) in [7, 11) is 3.32. The van der Waals surface area contributed by atoms with Crippen molar-refractivity contribution in [2.24, 2.45) is 0 Å². The second-order valence-corrected chi connectivity index (χ2v) is 6.50. The Bertz CT molecular complexity index is 681. The number of likely N-dealkylation sites (tertiary alicyclic amines) is 1. The molecular weight excluding hydrogens is 382 g/mol. The lowest BCUT2D eigenvalue weighted by Crippen LogP contribution is -2.26. The van der Waals surface area contributed by atoms with E-state index in [4.69, 9.17) is 9.90 Å². The molecule has 158 valence electrons. The molecule has 2 unspecified atom stereocenters. The van der Waals surface area contributed by atoms with Gasteiger partial charge in [-0.3, -0.25) is 9.69 Å². The minimum Gasteiger partial charge on any atom is -0.481 e. The molecule has 9 nitrogen and oxygen atoms in total. The van der Waals surface area contributed by atoms with Crippen LogP contribution in [0, 0.1) is 0 Å². The molecule has 10 heteroatoms. The molecule has 1 fully saturated rings. The molecule has 0 aromatic carbocycles. The third-order valence-electron chi connectivity index (χ3n) is 3.60. The Morgan fingerprint density at radius 2 is 2.18 bits per heavy atom. The van der Waals surface area contributed by atoms with Gasteiger partial charge in [-0.25, -0.2) is 9.97 Å². The van der Waals surface area contributed by atoms with Crippen molar-refractivity contribution < 1.29 is 14.6 Å². The summed E-state index contributed by atoms with van der Waals surface area (Å²) in [5, 5.41) is 15.0. The number of rotatable bonds is 3. The number of ether oxygens (including phenoxy) is 1. The predicted octanol–water partition coefficient (Wildman–Crippen LogP) is 1.63. The Balaban J connectivity index is 0.000000367. The number of thiazole rings is 1. The number of aliphatic hydroxyl groups excluding tert-OH is 1. The van der Waals surface area contributed by atoms with E-state index in [1.807, 2.05) is 12.4 Å². The van der Waals surface area contributed by atoms with Crippen LogP contribution in [0.5, 0.6) is 5.88 Å². The van der Waals surface area contributed by atoms with Crippen LogP contribution in [0.4, 0.5) is 5.13 Å². The smallest absolute Gasteiger partial charge is 0.254 e. The van der Waals surface area contributed by atoms with Gasteiger partial charge >= 0.3 is 0 Å². The van der Waals surface area contributed by atoms with Crippen LogP contribution in [0.15, 0.2) is 28.8 Å². The molecule has 3 rings (SSSR count). The Hall–Kier alpha value is -2.30. The third-order valence-corrected chi connectivity index (χ3v) is 4.39. The zero-order valence-electron chi connectivity index (χ0n) is 17.1. The number of nitrogens with one attached hydrogen (secondary N) is 2. The lowest BCUT2D eigenvalue weighted by Gasteiger charge is -2.16. The standard InChI is InChI=1S/C7H15NO.C5H6N2O2.C4H6N2S.C2H4O/c1-3-8-5-7(9)4-6(8)2;1-9-5-2-4(8)6-3-7-5;1-5-4-6-2-3-7-4;1-2-3/h6-7,9H,3-5H2,1-2H3;2-3H,1H3,(H,6,7,8);2-3H,1H3,(H,5,6);2H,1H3. The van der Waals surface area contributed by atoms with Crippen molar-refractivity contribution in [1.29, 1.82) is 0 Å². The first-order valence-electron chi connectivity index (χ1n) is 8.89. The molecule has 1 aliphatic heterocycles. The maximum atomic E-state index is 10.5. The molecule has 0 amide bonds. The van der Waals surface area contributed by atoms with Crippen molar-refractivity contribution in [3.8, 4) is 5.88 Å². The number of aliphatic hydroxyl groups is 1. The zero-order valence-corrected chi connectivity index (χ0v) is 17.9. The van der Waals surface area contributed by atoms with Gasteiger partial charge in [-0.1, -0.05) is 6.92 Å². The number of β-amino-alcohol motifs (C(OH)–C–C–N with tert-alkyl or cyclic N) is 1. The number of aromatic amines is 1. The highest BCUT2D eigenvalue weighted by atomic mass is 32.1. The minimum atomic E-state index is -0.207. The summed E-state index contributed by atoms with van der Waals surface area (Å²) in [5.41, 5.74) is -0.207. The molecule has 0 spiro atoms. The molecular formula is C18H31N5O4S. The van der Waals surface area contributed by atoms with Gasteiger partial charge in [0.05, 0.1) is 25.6 Å². The number of hydrogen-bond acceptors (Lipinski definition) is 9. The van der Waals surface area contributed by atoms with E-state index in [1.165, 1.54) is 26.4 Å². The van der Waals surface area contributed by atoms with E-state index in [0.717, 1.165) is 30.9 Å². The zero-order chi connectivity index (χ0) is 21.4. The first-order valence-corrected chi connectivity index (χ1v) is 9.77. The normalized spacial score (nSPS) is 17.6. The third kappa shape index (κ3) is 11.4. The fourth-order valence-electron chi connectivity index (χ4n) is 2.32. The topological polar surface area (TPSA) is 120 Å². The Morgan fingerprint density at radius 1 is 1.50 bits per heavy atom.